The molecule has 0 bridgehead atoms. The summed E-state index contributed by atoms with van der Waals surface area (Å²) >= 11 is 1.36. The predicted molar refractivity (Wildman–Crippen MR) is 109 cm³/mol. The van der Waals surface area contributed by atoms with E-state index >= 15 is 0 Å². The summed E-state index contributed by atoms with van der Waals surface area (Å²) in [4.78, 5) is 33.6. The number of hydrogen-bond donors (Lipinski definition) is 0. The van der Waals surface area contributed by atoms with E-state index in [1.165, 1.54) is 21.1 Å². The van der Waals surface area contributed by atoms with E-state index in [1.807, 2.05) is 11.4 Å². The molecule has 0 spiro atoms. The molecule has 8 nitrogen and oxygen atoms in total. The fraction of sp³-hybridized carbons (Fsp3) is 0.300. The predicted octanol–water partition coefficient (Wildman–Crippen LogP) is 2.87. The highest BCUT2D eigenvalue weighted by Gasteiger charge is 2.23. The van der Waals surface area contributed by atoms with Gasteiger partial charge in [-0.2, -0.15) is 4.98 Å². The number of carbonyl (C=O) groups excluding carboxylic acids is 2. The second-order valence-corrected chi connectivity index (χ2v) is 7.31. The number of methoxy groups -OCH3 is 1. The summed E-state index contributed by atoms with van der Waals surface area (Å²) in [6, 6.07) is 10.6. The van der Waals surface area contributed by atoms with Crippen LogP contribution in [0.25, 0.3) is 0 Å². The lowest BCUT2D eigenvalue weighted by atomic mass is 10.1. The maximum Gasteiger partial charge on any atom is 0.268 e. The van der Waals surface area contributed by atoms with Gasteiger partial charge in [-0.3, -0.25) is 9.59 Å². The molecule has 0 saturated heterocycles. The molecule has 0 unspecified atom stereocenters. The molecular weight excluding hydrogens is 392 g/mol. The molecule has 0 atom stereocenters. The van der Waals surface area contributed by atoms with E-state index in [9.17, 15) is 9.59 Å². The van der Waals surface area contributed by atoms with Crippen LogP contribution in [-0.4, -0.2) is 54.7 Å². The molecule has 2 amide bonds. The molecule has 0 fully saturated rings. The van der Waals surface area contributed by atoms with Crippen LogP contribution < -0.4 is 4.90 Å². The summed E-state index contributed by atoms with van der Waals surface area (Å²) < 4.78 is 10.2. The summed E-state index contributed by atoms with van der Waals surface area (Å²) in [7, 11) is 4.92. The van der Waals surface area contributed by atoms with E-state index in [1.54, 1.807) is 51.5 Å². The maximum absolute atomic E-state index is 13.0. The number of thiophene rings is 1. The highest BCUT2D eigenvalue weighted by Crippen LogP contribution is 2.24. The van der Waals surface area contributed by atoms with E-state index in [0.717, 1.165) is 0 Å². The number of amides is 2. The highest BCUT2D eigenvalue weighted by atomic mass is 32.1. The molecule has 3 aromatic rings. The molecule has 0 N–H and O–H groups in total. The zero-order valence-electron chi connectivity index (χ0n) is 16.5. The summed E-state index contributed by atoms with van der Waals surface area (Å²) in [5, 5.41) is 5.72. The quantitative estimate of drug-likeness (QED) is 0.563. The lowest BCUT2D eigenvalue weighted by Gasteiger charge is -2.22. The Balaban J connectivity index is 1.75. The van der Waals surface area contributed by atoms with Gasteiger partial charge in [0.15, 0.2) is 5.82 Å². The van der Waals surface area contributed by atoms with Crippen molar-refractivity contribution in [2.75, 3.05) is 32.7 Å². The van der Waals surface area contributed by atoms with Crippen LogP contribution in [0.2, 0.25) is 0 Å². The van der Waals surface area contributed by atoms with Crippen LogP contribution in [0.1, 0.15) is 31.7 Å². The Morgan fingerprint density at radius 2 is 1.93 bits per heavy atom. The Kier molecular flexibility index (Phi) is 6.73. The standard InChI is InChI=1S/C20H22N4O4S/c1-23(13-18-21-17(22-28-18)10-11-27-3)19(25)14-7-4-5-8-15(14)24(2)20(26)16-9-6-12-29-16/h4-9,12H,10-11,13H2,1-3H3. The molecule has 1 aromatic carbocycles. The third kappa shape index (κ3) is 4.87. The van der Waals surface area contributed by atoms with Crippen LogP contribution in [0.4, 0.5) is 5.69 Å². The van der Waals surface area contributed by atoms with Crippen molar-refractivity contribution in [2.45, 2.75) is 13.0 Å². The summed E-state index contributed by atoms with van der Waals surface area (Å²) in [5.41, 5.74) is 0.954. The third-order valence-corrected chi connectivity index (χ3v) is 5.15. The van der Waals surface area contributed by atoms with E-state index in [4.69, 9.17) is 9.26 Å². The summed E-state index contributed by atoms with van der Waals surface area (Å²) in [6.07, 6.45) is 0.538. The largest absolute Gasteiger partial charge is 0.384 e. The number of ether oxygens (including phenoxy) is 1. The lowest BCUT2D eigenvalue weighted by Crippen LogP contribution is -2.31. The molecule has 29 heavy (non-hydrogen) atoms. The van der Waals surface area contributed by atoms with Crippen molar-refractivity contribution < 1.29 is 18.8 Å². The fourth-order valence-electron chi connectivity index (χ4n) is 2.75. The SMILES string of the molecule is COCCc1noc(CN(C)C(=O)c2ccccc2N(C)C(=O)c2cccs2)n1. The maximum atomic E-state index is 13.0. The van der Waals surface area contributed by atoms with Gasteiger partial charge in [0.05, 0.1) is 29.3 Å². The van der Waals surface area contributed by atoms with Gasteiger partial charge >= 0.3 is 0 Å². The van der Waals surface area contributed by atoms with Gasteiger partial charge in [0.2, 0.25) is 5.89 Å². The minimum absolute atomic E-state index is 0.162. The van der Waals surface area contributed by atoms with Gasteiger partial charge < -0.3 is 19.1 Å². The van der Waals surface area contributed by atoms with Crippen LogP contribution in [0.5, 0.6) is 0 Å². The number of nitrogens with zero attached hydrogens (tertiary/aromatic N) is 4. The number of benzene rings is 1. The molecule has 9 heteroatoms. The monoisotopic (exact) mass is 414 g/mol. The van der Waals surface area contributed by atoms with E-state index in [-0.39, 0.29) is 18.4 Å². The Morgan fingerprint density at radius 3 is 2.66 bits per heavy atom. The van der Waals surface area contributed by atoms with Gasteiger partial charge in [0, 0.05) is 27.6 Å². The van der Waals surface area contributed by atoms with Crippen LogP contribution in [-0.2, 0) is 17.7 Å². The first kappa shape index (κ1) is 20.7. The highest BCUT2D eigenvalue weighted by molar-refractivity contribution is 7.12. The van der Waals surface area contributed by atoms with E-state index < -0.39 is 0 Å². The van der Waals surface area contributed by atoms with Crippen molar-refractivity contribution in [1.29, 1.82) is 0 Å². The van der Waals surface area contributed by atoms with Crippen LogP contribution in [0, 0.1) is 0 Å². The average molecular weight is 414 g/mol. The molecule has 152 valence electrons. The average Bonchev–Trinajstić information content (AvgIpc) is 3.43. The third-order valence-electron chi connectivity index (χ3n) is 4.29. The van der Waals surface area contributed by atoms with Crippen LogP contribution in [0.3, 0.4) is 0 Å². The van der Waals surface area contributed by atoms with Crippen LogP contribution >= 0.6 is 11.3 Å². The van der Waals surface area contributed by atoms with Crippen molar-refractivity contribution in [2.24, 2.45) is 0 Å². The number of aromatic nitrogens is 2. The number of para-hydroxylation sites is 1. The first-order chi connectivity index (χ1) is 14.0. The molecular formula is C20H22N4O4S. The minimum atomic E-state index is -0.247. The van der Waals surface area contributed by atoms with Crippen molar-refractivity contribution in [3.8, 4) is 0 Å². The lowest BCUT2D eigenvalue weighted by molar-refractivity contribution is 0.0770. The molecule has 0 radical (unpaired) electrons. The number of rotatable bonds is 8. The van der Waals surface area contributed by atoms with E-state index in [0.29, 0.717) is 40.9 Å². The Morgan fingerprint density at radius 1 is 1.14 bits per heavy atom. The Labute approximate surface area is 172 Å². The van der Waals surface area contributed by atoms with Crippen molar-refractivity contribution in [3.05, 3.63) is 63.9 Å². The minimum Gasteiger partial charge on any atom is -0.384 e. The molecule has 0 aliphatic carbocycles. The van der Waals surface area contributed by atoms with Gasteiger partial charge in [0.1, 0.15) is 0 Å². The Hall–Kier alpha value is -3.04. The smallest absolute Gasteiger partial charge is 0.268 e. The molecule has 0 aliphatic heterocycles. The van der Waals surface area contributed by atoms with Gasteiger partial charge in [-0.15, -0.1) is 11.3 Å². The Bertz CT molecular complexity index is 971. The molecule has 2 heterocycles. The zero-order chi connectivity index (χ0) is 20.8. The molecule has 0 saturated carbocycles. The van der Waals surface area contributed by atoms with Gasteiger partial charge in [-0.25, -0.2) is 0 Å². The molecule has 3 rings (SSSR count). The first-order valence-corrected chi connectivity index (χ1v) is 9.85. The normalized spacial score (nSPS) is 10.7. The van der Waals surface area contributed by atoms with Gasteiger partial charge in [0.25, 0.3) is 11.8 Å². The van der Waals surface area contributed by atoms with Gasteiger partial charge in [-0.1, -0.05) is 23.4 Å². The van der Waals surface area contributed by atoms with Crippen molar-refractivity contribution in [1.82, 2.24) is 15.0 Å². The zero-order valence-corrected chi connectivity index (χ0v) is 17.3. The van der Waals surface area contributed by atoms with Crippen molar-refractivity contribution in [3.63, 3.8) is 0 Å². The van der Waals surface area contributed by atoms with Crippen molar-refractivity contribution >= 4 is 28.8 Å². The number of anilines is 1. The van der Waals surface area contributed by atoms with E-state index in [2.05, 4.69) is 10.1 Å². The fourth-order valence-corrected chi connectivity index (χ4v) is 3.45. The second-order valence-electron chi connectivity index (χ2n) is 6.37. The molecule has 0 aliphatic rings. The van der Waals surface area contributed by atoms with Crippen LogP contribution in [0.15, 0.2) is 46.3 Å². The summed E-state index contributed by atoms with van der Waals surface area (Å²) in [6.45, 7) is 0.654. The number of carbonyl (C=O) groups is 2. The topological polar surface area (TPSA) is 88.8 Å². The first-order valence-electron chi connectivity index (χ1n) is 8.97. The molecule has 2 aromatic heterocycles. The second kappa shape index (κ2) is 9.44. The van der Waals surface area contributed by atoms with Gasteiger partial charge in [-0.05, 0) is 23.6 Å². The summed E-state index contributed by atoms with van der Waals surface area (Å²) in [5.74, 6) is 0.461. The number of hydrogen-bond acceptors (Lipinski definition) is 7.